The van der Waals surface area contributed by atoms with Crippen LogP contribution in [0, 0.1) is 0 Å². The number of hydrogen-bond donors (Lipinski definition) is 2. The number of hydrogen-bond acceptors (Lipinski definition) is 4. The molecule has 0 radical (unpaired) electrons. The van der Waals surface area contributed by atoms with Gasteiger partial charge in [-0.15, -0.1) is 24.8 Å². The number of nitrogens with one attached hydrogen (secondary N) is 1. The Hall–Kier alpha value is -2.15. The molecule has 0 aliphatic carbocycles. The smallest absolute Gasteiger partial charge is 0.252 e. The second kappa shape index (κ2) is 10.6. The first-order chi connectivity index (χ1) is 13.1. The number of carbonyl (C=O) groups excluding carboxylic acids is 1. The van der Waals surface area contributed by atoms with Crippen molar-refractivity contribution in [1.29, 1.82) is 0 Å². The average molecular weight is 438 g/mol. The number of halogens is 2. The number of aryl methyl sites for hydroxylation is 1. The van der Waals surface area contributed by atoms with Crippen molar-refractivity contribution in [3.8, 4) is 11.3 Å². The topological polar surface area (TPSA) is 85.8 Å². The zero-order valence-electron chi connectivity index (χ0n) is 17.0. The van der Waals surface area contributed by atoms with Gasteiger partial charge < -0.3 is 11.1 Å². The molecule has 3 aromatic rings. The Bertz CT molecular complexity index is 931. The summed E-state index contributed by atoms with van der Waals surface area (Å²) in [7, 11) is 0. The van der Waals surface area contributed by atoms with Gasteiger partial charge in [-0.3, -0.25) is 4.79 Å². The molecule has 0 saturated heterocycles. The second-order valence-corrected chi connectivity index (χ2v) is 6.76. The van der Waals surface area contributed by atoms with E-state index in [1.807, 2.05) is 61.9 Å². The van der Waals surface area contributed by atoms with Crippen LogP contribution in [-0.2, 0) is 6.54 Å². The van der Waals surface area contributed by atoms with E-state index in [4.69, 9.17) is 10.7 Å². The van der Waals surface area contributed by atoms with Gasteiger partial charge in [-0.25, -0.2) is 9.67 Å². The number of fused-ring (bicyclic) bond motifs is 1. The van der Waals surface area contributed by atoms with Crippen molar-refractivity contribution < 1.29 is 4.79 Å². The van der Waals surface area contributed by atoms with Crippen molar-refractivity contribution in [2.75, 3.05) is 6.54 Å². The summed E-state index contributed by atoms with van der Waals surface area (Å²) in [5.74, 6) is -0.135. The Morgan fingerprint density at radius 1 is 1.14 bits per heavy atom. The highest BCUT2D eigenvalue weighted by Gasteiger charge is 2.28. The molecule has 158 valence electrons. The number of amides is 1. The van der Waals surface area contributed by atoms with Crippen LogP contribution in [0.1, 0.15) is 44.0 Å². The highest BCUT2D eigenvalue weighted by molar-refractivity contribution is 6.06. The predicted molar refractivity (Wildman–Crippen MR) is 123 cm³/mol. The summed E-state index contributed by atoms with van der Waals surface area (Å²) in [6.45, 7) is 7.19. The van der Waals surface area contributed by atoms with Crippen molar-refractivity contribution in [2.24, 2.45) is 5.73 Å². The Kier molecular flexibility index (Phi) is 9.08. The van der Waals surface area contributed by atoms with E-state index in [2.05, 4.69) is 10.4 Å². The van der Waals surface area contributed by atoms with Crippen LogP contribution >= 0.6 is 24.8 Å². The lowest BCUT2D eigenvalue weighted by molar-refractivity contribution is 0.0897. The van der Waals surface area contributed by atoms with Crippen LogP contribution < -0.4 is 11.1 Å². The molecule has 8 heteroatoms. The van der Waals surface area contributed by atoms with Gasteiger partial charge in [0.05, 0.1) is 28.4 Å². The molecule has 2 heterocycles. The molecule has 0 unspecified atom stereocenters. The fraction of sp³-hybridized carbons (Fsp3) is 0.381. The van der Waals surface area contributed by atoms with Crippen LogP contribution in [0.15, 0.2) is 42.6 Å². The van der Waals surface area contributed by atoms with E-state index in [0.29, 0.717) is 18.7 Å². The molecule has 0 atom stereocenters. The monoisotopic (exact) mass is 437 g/mol. The normalized spacial score (nSPS) is 10.9. The third kappa shape index (κ3) is 4.89. The number of rotatable bonds is 7. The van der Waals surface area contributed by atoms with Crippen molar-refractivity contribution in [2.45, 2.75) is 45.7 Å². The predicted octanol–water partition coefficient (Wildman–Crippen LogP) is 4.21. The molecular weight excluding hydrogens is 409 g/mol. The van der Waals surface area contributed by atoms with E-state index < -0.39 is 5.54 Å². The summed E-state index contributed by atoms with van der Waals surface area (Å²) < 4.78 is 1.81. The Morgan fingerprint density at radius 3 is 2.34 bits per heavy atom. The third-order valence-corrected chi connectivity index (χ3v) is 5.35. The molecule has 0 saturated carbocycles. The number of pyridine rings is 1. The molecular formula is C21H29Cl2N5O. The summed E-state index contributed by atoms with van der Waals surface area (Å²) in [4.78, 5) is 18.0. The highest BCUT2D eigenvalue weighted by Crippen LogP contribution is 2.26. The van der Waals surface area contributed by atoms with E-state index in [1.54, 1.807) is 6.20 Å². The van der Waals surface area contributed by atoms with Gasteiger partial charge in [0.15, 0.2) is 5.65 Å². The van der Waals surface area contributed by atoms with Gasteiger partial charge >= 0.3 is 0 Å². The van der Waals surface area contributed by atoms with Crippen molar-refractivity contribution in [3.05, 3.63) is 48.2 Å². The first-order valence-electron chi connectivity index (χ1n) is 9.52. The largest absolute Gasteiger partial charge is 0.345 e. The van der Waals surface area contributed by atoms with E-state index in [-0.39, 0.29) is 30.7 Å². The molecule has 29 heavy (non-hydrogen) atoms. The minimum absolute atomic E-state index is 0. The van der Waals surface area contributed by atoms with Crippen LogP contribution in [0.4, 0.5) is 0 Å². The maximum atomic E-state index is 13.2. The quantitative estimate of drug-likeness (QED) is 0.579. The van der Waals surface area contributed by atoms with Crippen molar-refractivity contribution >= 4 is 41.8 Å². The molecule has 0 spiro atoms. The fourth-order valence-corrected chi connectivity index (χ4v) is 3.30. The summed E-state index contributed by atoms with van der Waals surface area (Å²) >= 11 is 0. The molecule has 0 bridgehead atoms. The summed E-state index contributed by atoms with van der Waals surface area (Å²) in [5, 5.41) is 8.32. The van der Waals surface area contributed by atoms with Crippen LogP contribution in [0.25, 0.3) is 22.3 Å². The molecule has 3 rings (SSSR count). The molecule has 0 aliphatic heterocycles. The van der Waals surface area contributed by atoms with Gasteiger partial charge in [0.1, 0.15) is 0 Å². The summed E-state index contributed by atoms with van der Waals surface area (Å²) in [5.41, 5.74) is 8.59. The van der Waals surface area contributed by atoms with Crippen LogP contribution in [0.5, 0.6) is 0 Å². The molecule has 0 aliphatic rings. The Balaban J connectivity index is 0.00000210. The lowest BCUT2D eigenvalue weighted by Crippen LogP contribution is -2.52. The van der Waals surface area contributed by atoms with E-state index in [1.165, 1.54) is 0 Å². The Labute approximate surface area is 184 Å². The zero-order chi connectivity index (χ0) is 19.4. The molecule has 1 amide bonds. The lowest BCUT2D eigenvalue weighted by atomic mass is 9.92. The zero-order valence-corrected chi connectivity index (χ0v) is 18.6. The first-order valence-corrected chi connectivity index (χ1v) is 9.52. The maximum absolute atomic E-state index is 13.2. The third-order valence-electron chi connectivity index (χ3n) is 5.35. The minimum atomic E-state index is -0.402. The molecule has 1 aromatic carbocycles. The summed E-state index contributed by atoms with van der Waals surface area (Å²) in [6, 6.07) is 11.7. The van der Waals surface area contributed by atoms with Crippen LogP contribution in [0.2, 0.25) is 0 Å². The second-order valence-electron chi connectivity index (χ2n) is 6.76. The van der Waals surface area contributed by atoms with Gasteiger partial charge in [0, 0.05) is 18.7 Å². The SMILES string of the molecule is CCn1ncc2c(C(=O)NC(CC)(CC)CN)cc(-c3ccccc3)nc21.Cl.Cl. The van der Waals surface area contributed by atoms with Crippen LogP contribution in [-0.4, -0.2) is 32.8 Å². The van der Waals surface area contributed by atoms with Crippen molar-refractivity contribution in [1.82, 2.24) is 20.1 Å². The van der Waals surface area contributed by atoms with Gasteiger partial charge in [-0.1, -0.05) is 44.2 Å². The Morgan fingerprint density at radius 2 is 1.79 bits per heavy atom. The molecule has 3 N–H and O–H groups in total. The lowest BCUT2D eigenvalue weighted by Gasteiger charge is -2.31. The van der Waals surface area contributed by atoms with Gasteiger partial charge in [-0.05, 0) is 25.8 Å². The number of carbonyl (C=O) groups is 1. The van der Waals surface area contributed by atoms with E-state index in [9.17, 15) is 4.79 Å². The number of benzene rings is 1. The minimum Gasteiger partial charge on any atom is -0.345 e. The van der Waals surface area contributed by atoms with Gasteiger partial charge in [0.25, 0.3) is 5.91 Å². The first kappa shape index (κ1) is 24.9. The number of nitrogens with two attached hydrogens (primary N) is 1. The van der Waals surface area contributed by atoms with Gasteiger partial charge in [-0.2, -0.15) is 5.10 Å². The van der Waals surface area contributed by atoms with Crippen molar-refractivity contribution in [3.63, 3.8) is 0 Å². The maximum Gasteiger partial charge on any atom is 0.252 e. The molecule has 2 aromatic heterocycles. The summed E-state index contributed by atoms with van der Waals surface area (Å²) in [6.07, 6.45) is 3.27. The number of aromatic nitrogens is 3. The van der Waals surface area contributed by atoms with E-state index in [0.717, 1.165) is 35.1 Å². The highest BCUT2D eigenvalue weighted by atomic mass is 35.5. The standard InChI is InChI=1S/C21H27N5O.2ClH/c1-4-21(5-2,14-22)25-20(27)16-12-18(15-10-8-7-9-11-15)24-19-17(16)13-23-26(19)6-3;;/h7-13H,4-6,14,22H2,1-3H3,(H,25,27);2*1H. The number of nitrogens with zero attached hydrogens (tertiary/aromatic N) is 3. The van der Waals surface area contributed by atoms with E-state index >= 15 is 0 Å². The van der Waals surface area contributed by atoms with Gasteiger partial charge in [0.2, 0.25) is 0 Å². The molecule has 0 fully saturated rings. The fourth-order valence-electron chi connectivity index (χ4n) is 3.30. The van der Waals surface area contributed by atoms with Crippen LogP contribution in [0.3, 0.4) is 0 Å². The molecule has 6 nitrogen and oxygen atoms in total. The average Bonchev–Trinajstić information content (AvgIpc) is 3.15.